The van der Waals surface area contributed by atoms with Crippen LogP contribution >= 0.6 is 0 Å². The van der Waals surface area contributed by atoms with Gasteiger partial charge in [0.15, 0.2) is 0 Å². The molecule has 1 unspecified atom stereocenters. The van der Waals surface area contributed by atoms with Crippen LogP contribution in [0.25, 0.3) is 0 Å². The topological polar surface area (TPSA) is 41.5 Å². The van der Waals surface area contributed by atoms with E-state index in [0.29, 0.717) is 12.5 Å². The largest absolute Gasteiger partial charge is 0.491 e. The molecule has 0 heterocycles. The van der Waals surface area contributed by atoms with Gasteiger partial charge in [0.1, 0.15) is 25.1 Å². The summed E-state index contributed by atoms with van der Waals surface area (Å²) >= 11 is 0. The first-order chi connectivity index (χ1) is 10.2. The van der Waals surface area contributed by atoms with Crippen molar-refractivity contribution in [2.45, 2.75) is 50.7 Å². The minimum atomic E-state index is -0.630. The summed E-state index contributed by atoms with van der Waals surface area (Å²) in [5, 5.41) is 12.7. The van der Waals surface area contributed by atoms with E-state index in [-0.39, 0.29) is 12.6 Å². The van der Waals surface area contributed by atoms with Crippen LogP contribution in [0, 0.1) is 0 Å². The Morgan fingerprint density at radius 1 is 1.38 bits per heavy atom. The van der Waals surface area contributed by atoms with Crippen molar-refractivity contribution in [3.63, 3.8) is 0 Å². The molecule has 3 nitrogen and oxygen atoms in total. The van der Waals surface area contributed by atoms with Gasteiger partial charge in [0.25, 0.3) is 0 Å². The van der Waals surface area contributed by atoms with E-state index in [9.17, 15) is 9.50 Å². The standard InChI is InChI=1S/C17H26FNO2/c1-13(10-18)19-11-16(20)12-21-17-8-4-7-15(9-17)14-5-2-3-6-14/h4,7-9,13-14,16,19-20H,2-3,5-6,10-12H2,1H3/t13?,16-/m0/s1. The summed E-state index contributed by atoms with van der Waals surface area (Å²) in [5.74, 6) is 1.46. The van der Waals surface area contributed by atoms with E-state index in [1.54, 1.807) is 6.92 Å². The highest BCUT2D eigenvalue weighted by atomic mass is 19.1. The maximum Gasteiger partial charge on any atom is 0.119 e. The maximum absolute atomic E-state index is 12.3. The summed E-state index contributed by atoms with van der Waals surface area (Å²) in [6.07, 6.45) is 4.52. The van der Waals surface area contributed by atoms with Crippen molar-refractivity contribution >= 4 is 0 Å². The Bertz CT molecular complexity index is 421. The van der Waals surface area contributed by atoms with Crippen LogP contribution in [0.2, 0.25) is 0 Å². The Balaban J connectivity index is 1.78. The zero-order valence-corrected chi connectivity index (χ0v) is 12.7. The van der Waals surface area contributed by atoms with E-state index in [0.717, 1.165) is 5.75 Å². The fourth-order valence-corrected chi connectivity index (χ4v) is 2.76. The third-order valence-corrected chi connectivity index (χ3v) is 4.06. The molecular weight excluding hydrogens is 269 g/mol. The highest BCUT2D eigenvalue weighted by Gasteiger charge is 2.17. The first-order valence-electron chi connectivity index (χ1n) is 7.89. The van der Waals surface area contributed by atoms with Crippen LogP contribution in [0.15, 0.2) is 24.3 Å². The number of alkyl halides is 1. The predicted octanol–water partition coefficient (Wildman–Crippen LogP) is 3.03. The van der Waals surface area contributed by atoms with Crippen LogP contribution in [0.5, 0.6) is 5.75 Å². The molecule has 1 fully saturated rings. The van der Waals surface area contributed by atoms with Gasteiger partial charge in [-0.2, -0.15) is 0 Å². The molecule has 1 aliphatic carbocycles. The Labute approximate surface area is 126 Å². The molecule has 1 aliphatic rings. The lowest BCUT2D eigenvalue weighted by molar-refractivity contribution is 0.103. The lowest BCUT2D eigenvalue weighted by atomic mass is 9.98. The Hall–Kier alpha value is -1.13. The smallest absolute Gasteiger partial charge is 0.119 e. The monoisotopic (exact) mass is 295 g/mol. The molecule has 118 valence electrons. The third-order valence-electron chi connectivity index (χ3n) is 4.06. The summed E-state index contributed by atoms with van der Waals surface area (Å²) in [6, 6.07) is 7.94. The Kier molecular flexibility index (Phi) is 6.46. The van der Waals surface area contributed by atoms with Gasteiger partial charge in [0.2, 0.25) is 0 Å². The average Bonchev–Trinajstić information content (AvgIpc) is 3.05. The van der Waals surface area contributed by atoms with Gasteiger partial charge in [-0.25, -0.2) is 4.39 Å². The molecule has 0 radical (unpaired) electrons. The predicted molar refractivity (Wildman–Crippen MR) is 82.6 cm³/mol. The highest BCUT2D eigenvalue weighted by molar-refractivity contribution is 5.31. The molecule has 1 aromatic rings. The number of nitrogens with one attached hydrogen (secondary N) is 1. The van der Waals surface area contributed by atoms with Crippen molar-refractivity contribution in [1.29, 1.82) is 0 Å². The average molecular weight is 295 g/mol. The quantitative estimate of drug-likeness (QED) is 0.774. The maximum atomic E-state index is 12.3. The number of rotatable bonds is 8. The number of hydrogen-bond acceptors (Lipinski definition) is 3. The molecule has 0 spiro atoms. The third kappa shape index (κ3) is 5.29. The molecule has 1 saturated carbocycles. The van der Waals surface area contributed by atoms with Crippen LogP contribution in [-0.2, 0) is 0 Å². The molecule has 0 aromatic heterocycles. The van der Waals surface area contributed by atoms with Gasteiger partial charge in [-0.1, -0.05) is 25.0 Å². The molecule has 0 aliphatic heterocycles. The SMILES string of the molecule is CC(CF)NC[C@H](O)COc1cccc(C2CCCC2)c1. The molecule has 21 heavy (non-hydrogen) atoms. The second kappa shape index (κ2) is 8.35. The van der Waals surface area contributed by atoms with Crippen LogP contribution in [0.4, 0.5) is 4.39 Å². The van der Waals surface area contributed by atoms with E-state index in [1.807, 2.05) is 12.1 Å². The number of ether oxygens (including phenoxy) is 1. The second-order valence-corrected chi connectivity index (χ2v) is 5.98. The number of aliphatic hydroxyl groups is 1. The van der Waals surface area contributed by atoms with Gasteiger partial charge in [-0.15, -0.1) is 0 Å². The molecule has 4 heteroatoms. The summed E-state index contributed by atoms with van der Waals surface area (Å²) in [4.78, 5) is 0. The zero-order chi connectivity index (χ0) is 15.1. The minimum Gasteiger partial charge on any atom is -0.491 e. The van der Waals surface area contributed by atoms with Crippen molar-refractivity contribution in [3.8, 4) is 5.75 Å². The van der Waals surface area contributed by atoms with E-state index < -0.39 is 12.8 Å². The summed E-state index contributed by atoms with van der Waals surface area (Å²) < 4.78 is 18.0. The van der Waals surface area contributed by atoms with Crippen LogP contribution < -0.4 is 10.1 Å². The molecule has 0 amide bonds. The fraction of sp³-hybridized carbons (Fsp3) is 0.647. The molecule has 0 saturated heterocycles. The minimum absolute atomic E-state index is 0.222. The highest BCUT2D eigenvalue weighted by Crippen LogP contribution is 2.35. The van der Waals surface area contributed by atoms with E-state index in [1.165, 1.54) is 31.2 Å². The summed E-state index contributed by atoms with van der Waals surface area (Å²) in [6.45, 7) is 1.88. The van der Waals surface area contributed by atoms with Crippen LogP contribution in [0.1, 0.15) is 44.1 Å². The lowest BCUT2D eigenvalue weighted by Crippen LogP contribution is -2.37. The normalized spacial score (nSPS) is 18.6. The Morgan fingerprint density at radius 2 is 2.14 bits per heavy atom. The van der Waals surface area contributed by atoms with Gasteiger partial charge < -0.3 is 15.2 Å². The van der Waals surface area contributed by atoms with Crippen LogP contribution in [-0.4, -0.2) is 37.1 Å². The molecule has 1 aromatic carbocycles. The van der Waals surface area contributed by atoms with Gasteiger partial charge >= 0.3 is 0 Å². The van der Waals surface area contributed by atoms with Crippen LogP contribution in [0.3, 0.4) is 0 Å². The van der Waals surface area contributed by atoms with Crippen molar-refractivity contribution in [3.05, 3.63) is 29.8 Å². The lowest BCUT2D eigenvalue weighted by Gasteiger charge is -2.16. The molecule has 2 rings (SSSR count). The molecule has 2 atom stereocenters. The number of hydrogen-bond donors (Lipinski definition) is 2. The number of aliphatic hydroxyl groups excluding tert-OH is 1. The zero-order valence-electron chi connectivity index (χ0n) is 12.7. The van der Waals surface area contributed by atoms with E-state index in [4.69, 9.17) is 4.74 Å². The molecule has 0 bridgehead atoms. The van der Waals surface area contributed by atoms with Crippen molar-refractivity contribution in [2.24, 2.45) is 0 Å². The van der Waals surface area contributed by atoms with Gasteiger partial charge in [0, 0.05) is 12.6 Å². The van der Waals surface area contributed by atoms with Crippen molar-refractivity contribution in [2.75, 3.05) is 19.8 Å². The van der Waals surface area contributed by atoms with Crippen molar-refractivity contribution in [1.82, 2.24) is 5.32 Å². The van der Waals surface area contributed by atoms with Gasteiger partial charge in [-0.05, 0) is 43.4 Å². The first kappa shape index (κ1) is 16.2. The molecule has 2 N–H and O–H groups in total. The van der Waals surface area contributed by atoms with Gasteiger partial charge in [-0.3, -0.25) is 0 Å². The van der Waals surface area contributed by atoms with E-state index >= 15 is 0 Å². The number of halogens is 1. The van der Waals surface area contributed by atoms with Gasteiger partial charge in [0.05, 0.1) is 0 Å². The van der Waals surface area contributed by atoms with E-state index in [2.05, 4.69) is 17.4 Å². The Morgan fingerprint density at radius 3 is 2.86 bits per heavy atom. The number of benzene rings is 1. The van der Waals surface area contributed by atoms with Crippen molar-refractivity contribution < 1.29 is 14.2 Å². The summed E-state index contributed by atoms with van der Waals surface area (Å²) in [5.41, 5.74) is 1.34. The first-order valence-corrected chi connectivity index (χ1v) is 7.89. The summed E-state index contributed by atoms with van der Waals surface area (Å²) in [7, 11) is 0. The molecular formula is C17H26FNO2. The second-order valence-electron chi connectivity index (χ2n) is 5.98. The fourth-order valence-electron chi connectivity index (χ4n) is 2.76.